The molecule has 4 heteroatoms. The van der Waals surface area contributed by atoms with E-state index in [1.807, 2.05) is 7.05 Å². The van der Waals surface area contributed by atoms with Gasteiger partial charge in [-0.15, -0.1) is 0 Å². The van der Waals surface area contributed by atoms with Crippen molar-refractivity contribution in [1.82, 2.24) is 16.2 Å². The van der Waals surface area contributed by atoms with Crippen molar-refractivity contribution in [3.05, 3.63) is 29.8 Å². The summed E-state index contributed by atoms with van der Waals surface area (Å²) in [5.41, 5.74) is 8.00. The number of benzene rings is 1. The van der Waals surface area contributed by atoms with Crippen LogP contribution in [0.15, 0.2) is 24.3 Å². The maximum Gasteiger partial charge on any atom is 0.124 e. The van der Waals surface area contributed by atoms with Crippen LogP contribution in [-0.4, -0.2) is 26.2 Å². The quantitative estimate of drug-likeness (QED) is 0.612. The Balaban J connectivity index is 1.88. The fourth-order valence-corrected chi connectivity index (χ4v) is 2.82. The Morgan fingerprint density at radius 1 is 1.19 bits per heavy atom. The molecule has 0 aromatic heterocycles. The van der Waals surface area contributed by atoms with Crippen molar-refractivity contribution < 1.29 is 4.74 Å². The monoisotopic (exact) mass is 291 g/mol. The fourth-order valence-electron chi connectivity index (χ4n) is 2.82. The van der Waals surface area contributed by atoms with Gasteiger partial charge in [0, 0.05) is 18.2 Å². The van der Waals surface area contributed by atoms with E-state index in [4.69, 9.17) is 4.74 Å². The third-order valence-corrected chi connectivity index (χ3v) is 3.98. The van der Waals surface area contributed by atoms with Crippen molar-refractivity contribution in [2.45, 2.75) is 51.1 Å². The Hall–Kier alpha value is -1.10. The summed E-state index contributed by atoms with van der Waals surface area (Å²) in [5.74, 6) is 1.03. The zero-order valence-electron chi connectivity index (χ0n) is 13.3. The van der Waals surface area contributed by atoms with Crippen LogP contribution in [0.3, 0.4) is 0 Å². The van der Waals surface area contributed by atoms with Gasteiger partial charge < -0.3 is 10.1 Å². The minimum absolute atomic E-state index is 0.329. The molecule has 1 aromatic carbocycles. The highest BCUT2D eigenvalue weighted by molar-refractivity contribution is 5.36. The standard InChI is InChI=1S/C17H29N3O/c1-3-4-5-8-11-21-17-10-7-6-9-15(17)16-12-14(13-18-2)19-20-16/h6-7,9-10,14,16,18-20H,3-5,8,11-13H2,1-2H3. The van der Waals surface area contributed by atoms with E-state index in [1.165, 1.54) is 24.8 Å². The smallest absolute Gasteiger partial charge is 0.124 e. The molecule has 0 saturated carbocycles. The lowest BCUT2D eigenvalue weighted by Gasteiger charge is -2.16. The molecule has 0 bridgehead atoms. The molecule has 0 amide bonds. The summed E-state index contributed by atoms with van der Waals surface area (Å²) < 4.78 is 6.01. The molecule has 1 aliphatic rings. The Labute approximate surface area is 128 Å². The van der Waals surface area contributed by atoms with Crippen LogP contribution in [0, 0.1) is 0 Å². The molecule has 1 aromatic rings. The summed E-state index contributed by atoms with van der Waals surface area (Å²) in [5, 5.41) is 3.22. The van der Waals surface area contributed by atoms with E-state index in [-0.39, 0.29) is 0 Å². The van der Waals surface area contributed by atoms with E-state index in [0.717, 1.165) is 31.7 Å². The van der Waals surface area contributed by atoms with Crippen LogP contribution in [0.25, 0.3) is 0 Å². The molecular formula is C17H29N3O. The molecule has 2 rings (SSSR count). The molecule has 21 heavy (non-hydrogen) atoms. The molecule has 0 radical (unpaired) electrons. The topological polar surface area (TPSA) is 45.3 Å². The van der Waals surface area contributed by atoms with Gasteiger partial charge in [0.15, 0.2) is 0 Å². The number of ether oxygens (including phenoxy) is 1. The van der Waals surface area contributed by atoms with Crippen molar-refractivity contribution in [3.8, 4) is 5.75 Å². The molecule has 3 N–H and O–H groups in total. The van der Waals surface area contributed by atoms with E-state index < -0.39 is 0 Å². The molecule has 0 aliphatic carbocycles. The van der Waals surface area contributed by atoms with Gasteiger partial charge in [0.1, 0.15) is 5.75 Å². The largest absolute Gasteiger partial charge is 0.493 e. The number of hydrogen-bond donors (Lipinski definition) is 3. The second-order valence-corrected chi connectivity index (χ2v) is 5.78. The summed E-state index contributed by atoms with van der Waals surface area (Å²) in [6, 6.07) is 9.20. The van der Waals surface area contributed by atoms with Crippen LogP contribution in [-0.2, 0) is 0 Å². The van der Waals surface area contributed by atoms with Crippen molar-refractivity contribution in [3.63, 3.8) is 0 Å². The van der Waals surface area contributed by atoms with Crippen LogP contribution in [0.4, 0.5) is 0 Å². The van der Waals surface area contributed by atoms with Crippen molar-refractivity contribution >= 4 is 0 Å². The SMILES string of the molecule is CCCCCCOc1ccccc1C1CC(CNC)NN1. The molecule has 1 aliphatic heterocycles. The molecule has 4 nitrogen and oxygen atoms in total. The van der Waals surface area contributed by atoms with Crippen LogP contribution in [0.2, 0.25) is 0 Å². The average molecular weight is 291 g/mol. The number of nitrogens with one attached hydrogen (secondary N) is 3. The summed E-state index contributed by atoms with van der Waals surface area (Å²) in [6.07, 6.45) is 6.04. The van der Waals surface area contributed by atoms with Gasteiger partial charge in [-0.05, 0) is 26.0 Å². The first kappa shape index (κ1) is 16.3. The third-order valence-electron chi connectivity index (χ3n) is 3.98. The molecule has 2 unspecified atom stereocenters. The summed E-state index contributed by atoms with van der Waals surface area (Å²) in [6.45, 7) is 4.02. The molecule has 118 valence electrons. The Morgan fingerprint density at radius 2 is 2.05 bits per heavy atom. The predicted octanol–water partition coefficient (Wildman–Crippen LogP) is 2.77. The lowest BCUT2D eigenvalue weighted by Crippen LogP contribution is -2.36. The normalized spacial score (nSPS) is 21.6. The van der Waals surface area contributed by atoms with Gasteiger partial charge in [-0.3, -0.25) is 5.43 Å². The van der Waals surface area contributed by atoms with Crippen molar-refractivity contribution in [1.29, 1.82) is 0 Å². The Bertz CT molecular complexity index is 411. The van der Waals surface area contributed by atoms with E-state index in [0.29, 0.717) is 12.1 Å². The first-order valence-corrected chi connectivity index (χ1v) is 8.22. The lowest BCUT2D eigenvalue weighted by molar-refractivity contribution is 0.299. The highest BCUT2D eigenvalue weighted by Gasteiger charge is 2.26. The van der Waals surface area contributed by atoms with Gasteiger partial charge in [0.2, 0.25) is 0 Å². The molecule has 1 saturated heterocycles. The summed E-state index contributed by atoms with van der Waals surface area (Å²) in [4.78, 5) is 0. The zero-order chi connectivity index (χ0) is 14.9. The maximum atomic E-state index is 6.01. The number of likely N-dealkylation sites (N-methyl/N-ethyl adjacent to an activating group) is 1. The number of hydrogen-bond acceptors (Lipinski definition) is 4. The zero-order valence-corrected chi connectivity index (χ0v) is 13.3. The Kier molecular flexibility index (Phi) is 7.00. The maximum absolute atomic E-state index is 6.01. The molecular weight excluding hydrogens is 262 g/mol. The summed E-state index contributed by atoms with van der Waals surface area (Å²) in [7, 11) is 1.99. The van der Waals surface area contributed by atoms with Gasteiger partial charge in [-0.2, -0.15) is 0 Å². The van der Waals surface area contributed by atoms with Gasteiger partial charge >= 0.3 is 0 Å². The van der Waals surface area contributed by atoms with E-state index >= 15 is 0 Å². The third kappa shape index (κ3) is 4.99. The Morgan fingerprint density at radius 3 is 2.86 bits per heavy atom. The van der Waals surface area contributed by atoms with Crippen LogP contribution in [0.5, 0.6) is 5.75 Å². The number of unbranched alkanes of at least 4 members (excludes halogenated alkanes) is 3. The fraction of sp³-hybridized carbons (Fsp3) is 0.647. The minimum Gasteiger partial charge on any atom is -0.493 e. The van der Waals surface area contributed by atoms with Crippen molar-refractivity contribution in [2.75, 3.05) is 20.2 Å². The number of rotatable bonds is 9. The van der Waals surface area contributed by atoms with E-state index in [2.05, 4.69) is 47.4 Å². The lowest BCUT2D eigenvalue weighted by atomic mass is 10.0. The van der Waals surface area contributed by atoms with E-state index in [9.17, 15) is 0 Å². The summed E-state index contributed by atoms with van der Waals surface area (Å²) >= 11 is 0. The van der Waals surface area contributed by atoms with Crippen molar-refractivity contribution in [2.24, 2.45) is 0 Å². The van der Waals surface area contributed by atoms with Gasteiger partial charge in [0.05, 0.1) is 12.6 Å². The van der Waals surface area contributed by atoms with Gasteiger partial charge in [-0.25, -0.2) is 5.43 Å². The number of para-hydroxylation sites is 1. The highest BCUT2D eigenvalue weighted by atomic mass is 16.5. The molecule has 0 spiro atoms. The first-order chi connectivity index (χ1) is 10.3. The van der Waals surface area contributed by atoms with Gasteiger partial charge in [-0.1, -0.05) is 44.4 Å². The molecule has 1 fully saturated rings. The first-order valence-electron chi connectivity index (χ1n) is 8.22. The molecule has 1 heterocycles. The predicted molar refractivity (Wildman–Crippen MR) is 87.4 cm³/mol. The van der Waals surface area contributed by atoms with Crippen LogP contribution in [0.1, 0.15) is 50.6 Å². The molecule has 2 atom stereocenters. The second-order valence-electron chi connectivity index (χ2n) is 5.78. The van der Waals surface area contributed by atoms with Crippen LogP contribution < -0.4 is 20.9 Å². The number of hydrazine groups is 1. The van der Waals surface area contributed by atoms with E-state index in [1.54, 1.807) is 0 Å². The van der Waals surface area contributed by atoms with Crippen LogP contribution >= 0.6 is 0 Å². The average Bonchev–Trinajstić information content (AvgIpc) is 2.96. The van der Waals surface area contributed by atoms with Gasteiger partial charge in [0.25, 0.3) is 0 Å². The highest BCUT2D eigenvalue weighted by Crippen LogP contribution is 2.30. The second kappa shape index (κ2) is 9.03. The minimum atomic E-state index is 0.329.